The molecule has 0 saturated heterocycles. The number of nitrogen functional groups attached to an aromatic ring is 1. The summed E-state index contributed by atoms with van der Waals surface area (Å²) < 4.78 is 11.9. The van der Waals surface area contributed by atoms with Crippen LogP contribution in [0.5, 0.6) is 0 Å². The first-order chi connectivity index (χ1) is 7.15. The fraction of sp³-hybridized carbons (Fsp3) is 0.400. The molecule has 1 unspecified atom stereocenters. The van der Waals surface area contributed by atoms with Crippen molar-refractivity contribution >= 4 is 39.8 Å². The van der Waals surface area contributed by atoms with Crippen LogP contribution in [-0.2, 0) is 10.8 Å². The van der Waals surface area contributed by atoms with Gasteiger partial charge in [0.05, 0.1) is 15.7 Å². The average Bonchev–Trinajstić information content (AvgIpc) is 2.22. The molecule has 0 bridgehead atoms. The van der Waals surface area contributed by atoms with E-state index in [1.54, 1.807) is 30.0 Å². The van der Waals surface area contributed by atoms with Crippen LogP contribution in [0, 0.1) is 0 Å². The maximum absolute atomic E-state index is 11.9. The molecule has 2 nitrogen and oxygen atoms in total. The van der Waals surface area contributed by atoms with Gasteiger partial charge >= 0.3 is 0 Å². The van der Waals surface area contributed by atoms with E-state index in [4.69, 9.17) is 17.3 Å². The number of benzene rings is 1. The normalized spacial score (nSPS) is 12.7. The zero-order valence-corrected chi connectivity index (χ0v) is 10.9. The lowest BCUT2D eigenvalue weighted by Crippen LogP contribution is -2.03. The molecule has 0 aliphatic rings. The van der Waals surface area contributed by atoms with Crippen LogP contribution < -0.4 is 5.73 Å². The van der Waals surface area contributed by atoms with Crippen LogP contribution in [0.25, 0.3) is 0 Å². The van der Waals surface area contributed by atoms with E-state index in [-0.39, 0.29) is 0 Å². The Hall–Kier alpha value is -0.190. The Morgan fingerprint density at radius 1 is 1.53 bits per heavy atom. The lowest BCUT2D eigenvalue weighted by molar-refractivity contribution is 0.682. The van der Waals surface area contributed by atoms with Crippen LogP contribution in [0.4, 0.5) is 5.69 Å². The van der Waals surface area contributed by atoms with Crippen molar-refractivity contribution in [2.75, 3.05) is 23.5 Å². The molecule has 1 aromatic carbocycles. The molecule has 2 N–H and O–H groups in total. The van der Waals surface area contributed by atoms with E-state index in [9.17, 15) is 4.21 Å². The van der Waals surface area contributed by atoms with Crippen molar-refractivity contribution in [3.63, 3.8) is 0 Å². The molecular formula is C10H14ClNOS2. The molecule has 84 valence electrons. The first-order valence-electron chi connectivity index (χ1n) is 4.57. The summed E-state index contributed by atoms with van der Waals surface area (Å²) in [5.41, 5.74) is 6.29. The molecule has 0 heterocycles. The second-order valence-electron chi connectivity index (χ2n) is 3.08. The van der Waals surface area contributed by atoms with Gasteiger partial charge in [0.15, 0.2) is 0 Å². The second kappa shape index (κ2) is 6.40. The predicted octanol–water partition coefficient (Wildman–Crippen LogP) is 2.78. The minimum absolute atomic E-state index is 0.557. The number of thioether (sulfide) groups is 1. The lowest BCUT2D eigenvalue weighted by Gasteiger charge is -2.05. The molecule has 0 spiro atoms. The van der Waals surface area contributed by atoms with Crippen LogP contribution in [0.1, 0.15) is 6.42 Å². The van der Waals surface area contributed by atoms with Crippen molar-refractivity contribution in [1.29, 1.82) is 0 Å². The molecule has 0 radical (unpaired) electrons. The third kappa shape index (κ3) is 4.05. The minimum atomic E-state index is -1.03. The van der Waals surface area contributed by atoms with Crippen molar-refractivity contribution in [3.05, 3.63) is 23.2 Å². The van der Waals surface area contributed by atoms with Gasteiger partial charge in [0, 0.05) is 16.5 Å². The molecule has 0 saturated carbocycles. The van der Waals surface area contributed by atoms with E-state index in [0.29, 0.717) is 21.4 Å². The summed E-state index contributed by atoms with van der Waals surface area (Å²) in [5.74, 6) is 1.66. The van der Waals surface area contributed by atoms with Gasteiger partial charge in [-0.05, 0) is 36.6 Å². The Bertz CT molecular complexity index is 357. The van der Waals surface area contributed by atoms with Crippen molar-refractivity contribution < 1.29 is 4.21 Å². The largest absolute Gasteiger partial charge is 0.398 e. The monoisotopic (exact) mass is 263 g/mol. The molecule has 15 heavy (non-hydrogen) atoms. The number of anilines is 1. The van der Waals surface area contributed by atoms with Gasteiger partial charge in [-0.1, -0.05) is 11.6 Å². The highest BCUT2D eigenvalue weighted by Crippen LogP contribution is 2.21. The fourth-order valence-electron chi connectivity index (χ4n) is 1.15. The lowest BCUT2D eigenvalue weighted by atomic mass is 10.3. The summed E-state index contributed by atoms with van der Waals surface area (Å²) in [5, 5.41) is 0.581. The number of hydrogen-bond acceptors (Lipinski definition) is 3. The van der Waals surface area contributed by atoms with Gasteiger partial charge in [0.25, 0.3) is 0 Å². The summed E-state index contributed by atoms with van der Waals surface area (Å²) in [7, 11) is -1.03. The first kappa shape index (κ1) is 12.9. The Balaban J connectivity index is 2.68. The third-order valence-corrected chi connectivity index (χ3v) is 4.33. The van der Waals surface area contributed by atoms with Crippen LogP contribution >= 0.6 is 23.4 Å². The van der Waals surface area contributed by atoms with Crippen molar-refractivity contribution in [3.8, 4) is 0 Å². The average molecular weight is 264 g/mol. The number of halogens is 1. The van der Waals surface area contributed by atoms with E-state index in [0.717, 1.165) is 12.2 Å². The highest BCUT2D eigenvalue weighted by atomic mass is 35.5. The number of nitrogens with two attached hydrogens (primary N) is 1. The summed E-state index contributed by atoms with van der Waals surface area (Å²) in [6.07, 6.45) is 2.97. The maximum atomic E-state index is 11.9. The van der Waals surface area contributed by atoms with Gasteiger partial charge in [0.2, 0.25) is 0 Å². The molecule has 1 aromatic rings. The highest BCUT2D eigenvalue weighted by molar-refractivity contribution is 7.98. The first-order valence-corrected chi connectivity index (χ1v) is 7.66. The quantitative estimate of drug-likeness (QED) is 0.656. The molecule has 0 aliphatic carbocycles. The third-order valence-electron chi connectivity index (χ3n) is 1.90. The maximum Gasteiger partial charge on any atom is 0.0632 e. The van der Waals surface area contributed by atoms with Gasteiger partial charge in [-0.15, -0.1) is 0 Å². The highest BCUT2D eigenvalue weighted by Gasteiger charge is 2.08. The smallest absolute Gasteiger partial charge is 0.0632 e. The van der Waals surface area contributed by atoms with Gasteiger partial charge in [-0.3, -0.25) is 4.21 Å². The molecule has 0 aromatic heterocycles. The number of hydrogen-bond donors (Lipinski definition) is 1. The van der Waals surface area contributed by atoms with Crippen molar-refractivity contribution in [2.24, 2.45) is 0 Å². The summed E-state index contributed by atoms with van der Waals surface area (Å²) in [4.78, 5) is 0.656. The van der Waals surface area contributed by atoms with Crippen LogP contribution in [0.15, 0.2) is 23.1 Å². The van der Waals surface area contributed by atoms with Crippen LogP contribution in [0.2, 0.25) is 5.02 Å². The van der Waals surface area contributed by atoms with E-state index < -0.39 is 10.8 Å². The van der Waals surface area contributed by atoms with Crippen molar-refractivity contribution in [2.45, 2.75) is 11.3 Å². The molecule has 5 heteroatoms. The Kier molecular flexibility index (Phi) is 5.50. The standard InChI is InChI=1S/C10H14ClNOS2/c1-14-5-2-6-15(13)10-7-8(11)3-4-9(10)12/h3-4,7H,2,5-6,12H2,1H3. The Morgan fingerprint density at radius 3 is 2.93 bits per heavy atom. The van der Waals surface area contributed by atoms with Crippen LogP contribution in [0.3, 0.4) is 0 Å². The SMILES string of the molecule is CSCCCS(=O)c1cc(Cl)ccc1N. The van der Waals surface area contributed by atoms with E-state index in [1.165, 1.54) is 0 Å². The van der Waals surface area contributed by atoms with Gasteiger partial charge in [0.1, 0.15) is 0 Å². The Morgan fingerprint density at radius 2 is 2.27 bits per heavy atom. The van der Waals surface area contributed by atoms with Gasteiger partial charge < -0.3 is 5.73 Å². The summed E-state index contributed by atoms with van der Waals surface area (Å²) in [6.45, 7) is 0. The molecule has 0 aliphatic heterocycles. The molecule has 1 rings (SSSR count). The summed E-state index contributed by atoms with van der Waals surface area (Å²) >= 11 is 7.58. The second-order valence-corrected chi connectivity index (χ2v) is 6.04. The zero-order valence-electron chi connectivity index (χ0n) is 8.53. The van der Waals surface area contributed by atoms with E-state index in [1.807, 2.05) is 6.26 Å². The zero-order chi connectivity index (χ0) is 11.3. The van der Waals surface area contributed by atoms with Crippen LogP contribution in [-0.4, -0.2) is 22.0 Å². The summed E-state index contributed by atoms with van der Waals surface area (Å²) in [6, 6.07) is 5.09. The van der Waals surface area contributed by atoms with Gasteiger partial charge in [-0.25, -0.2) is 0 Å². The minimum Gasteiger partial charge on any atom is -0.398 e. The Labute approximate surface area is 102 Å². The fourth-order valence-corrected chi connectivity index (χ4v) is 3.22. The topological polar surface area (TPSA) is 43.1 Å². The molecule has 1 atom stereocenters. The van der Waals surface area contributed by atoms with E-state index in [2.05, 4.69) is 0 Å². The van der Waals surface area contributed by atoms with Gasteiger partial charge in [-0.2, -0.15) is 11.8 Å². The van der Waals surface area contributed by atoms with Crippen molar-refractivity contribution in [1.82, 2.24) is 0 Å². The van der Waals surface area contributed by atoms with E-state index >= 15 is 0 Å². The molecular weight excluding hydrogens is 250 g/mol. The molecule has 0 fully saturated rings. The predicted molar refractivity (Wildman–Crippen MR) is 70.1 cm³/mol. The molecule has 0 amide bonds. The number of rotatable bonds is 5.